The van der Waals surface area contributed by atoms with Gasteiger partial charge in [-0.15, -0.1) is 0 Å². The smallest absolute Gasteiger partial charge is 0.273 e. The van der Waals surface area contributed by atoms with Gasteiger partial charge in [-0.2, -0.15) is 0 Å². The number of phenolic OH excluding ortho intramolecular Hbond substituents is 1. The second kappa shape index (κ2) is 6.56. The van der Waals surface area contributed by atoms with Crippen molar-refractivity contribution in [1.82, 2.24) is 15.8 Å². The zero-order chi connectivity index (χ0) is 15.2. The number of rotatable bonds is 5. The topological polar surface area (TPSA) is 104 Å². The van der Waals surface area contributed by atoms with Gasteiger partial charge in [0, 0.05) is 24.7 Å². The molecule has 2 rings (SSSR count). The summed E-state index contributed by atoms with van der Waals surface area (Å²) in [4.78, 5) is 23.4. The molecule has 0 aliphatic heterocycles. The van der Waals surface area contributed by atoms with E-state index >= 15 is 0 Å². The minimum absolute atomic E-state index is 0.0253. The van der Waals surface area contributed by atoms with Gasteiger partial charge in [0.25, 0.3) is 11.8 Å². The van der Waals surface area contributed by atoms with Crippen LogP contribution in [0.15, 0.2) is 34.9 Å². The SMILES string of the molecule is Cc1cc(C(=O)NCCNC(=O)c2cccc(O)c2)no1. The molecule has 7 heteroatoms. The molecule has 21 heavy (non-hydrogen) atoms. The van der Waals surface area contributed by atoms with Crippen molar-refractivity contribution in [2.45, 2.75) is 6.92 Å². The average Bonchev–Trinajstić information content (AvgIpc) is 2.90. The number of carbonyl (C=O) groups is 2. The molecular formula is C14H15N3O4. The lowest BCUT2D eigenvalue weighted by Crippen LogP contribution is -2.34. The predicted molar refractivity (Wildman–Crippen MR) is 74.0 cm³/mol. The molecule has 0 aliphatic rings. The van der Waals surface area contributed by atoms with Crippen molar-refractivity contribution in [2.24, 2.45) is 0 Å². The van der Waals surface area contributed by atoms with Crippen LogP contribution >= 0.6 is 0 Å². The summed E-state index contributed by atoms with van der Waals surface area (Å²) in [6, 6.07) is 7.55. The summed E-state index contributed by atoms with van der Waals surface area (Å²) < 4.78 is 4.79. The quantitative estimate of drug-likeness (QED) is 0.708. The molecule has 0 saturated heterocycles. The molecule has 0 aliphatic carbocycles. The van der Waals surface area contributed by atoms with Crippen LogP contribution < -0.4 is 10.6 Å². The lowest BCUT2D eigenvalue weighted by Gasteiger charge is -2.06. The van der Waals surface area contributed by atoms with Crippen LogP contribution in [0.2, 0.25) is 0 Å². The molecular weight excluding hydrogens is 274 g/mol. The van der Waals surface area contributed by atoms with Crippen molar-refractivity contribution in [3.8, 4) is 5.75 Å². The minimum Gasteiger partial charge on any atom is -0.508 e. The van der Waals surface area contributed by atoms with Crippen molar-refractivity contribution >= 4 is 11.8 Å². The van der Waals surface area contributed by atoms with Crippen LogP contribution in [0.5, 0.6) is 5.75 Å². The van der Waals surface area contributed by atoms with Gasteiger partial charge in [-0.05, 0) is 25.1 Å². The number of benzene rings is 1. The standard InChI is InChI=1S/C14H15N3O4/c1-9-7-12(17-21-9)14(20)16-6-5-15-13(19)10-3-2-4-11(18)8-10/h2-4,7-8,18H,5-6H2,1H3,(H,15,19)(H,16,20). The van der Waals surface area contributed by atoms with Crippen LogP contribution in [0.3, 0.4) is 0 Å². The third-order valence-electron chi connectivity index (χ3n) is 2.67. The third kappa shape index (κ3) is 4.07. The van der Waals surface area contributed by atoms with Crippen LogP contribution in [0.4, 0.5) is 0 Å². The van der Waals surface area contributed by atoms with Crippen LogP contribution in [-0.2, 0) is 0 Å². The number of phenols is 1. The normalized spacial score (nSPS) is 10.1. The fraction of sp³-hybridized carbons (Fsp3) is 0.214. The van der Waals surface area contributed by atoms with E-state index in [1.807, 2.05) is 0 Å². The van der Waals surface area contributed by atoms with Crippen LogP contribution in [0, 0.1) is 6.92 Å². The van der Waals surface area contributed by atoms with Crippen molar-refractivity contribution in [2.75, 3.05) is 13.1 Å². The Morgan fingerprint density at radius 3 is 2.52 bits per heavy atom. The Bertz CT molecular complexity index is 651. The summed E-state index contributed by atoms with van der Waals surface area (Å²) in [5.74, 6) is -0.106. The molecule has 110 valence electrons. The Balaban J connectivity index is 1.75. The first-order valence-electron chi connectivity index (χ1n) is 6.35. The Hall–Kier alpha value is -2.83. The first-order chi connectivity index (χ1) is 10.1. The van der Waals surface area contributed by atoms with Crippen LogP contribution in [0.25, 0.3) is 0 Å². The second-order valence-corrected chi connectivity index (χ2v) is 4.38. The van der Waals surface area contributed by atoms with E-state index in [2.05, 4.69) is 15.8 Å². The number of hydrogen-bond acceptors (Lipinski definition) is 5. The number of aromatic hydroxyl groups is 1. The van der Waals surface area contributed by atoms with Gasteiger partial charge in [-0.1, -0.05) is 11.2 Å². The van der Waals surface area contributed by atoms with Crippen molar-refractivity contribution < 1.29 is 19.2 Å². The van der Waals surface area contributed by atoms with E-state index in [9.17, 15) is 14.7 Å². The van der Waals surface area contributed by atoms with Crippen molar-refractivity contribution in [3.05, 3.63) is 47.3 Å². The molecule has 0 atom stereocenters. The maximum absolute atomic E-state index is 11.8. The molecule has 0 bridgehead atoms. The zero-order valence-electron chi connectivity index (χ0n) is 11.4. The molecule has 1 aromatic heterocycles. The van der Waals surface area contributed by atoms with Gasteiger partial charge in [0.15, 0.2) is 5.69 Å². The van der Waals surface area contributed by atoms with E-state index in [1.165, 1.54) is 18.2 Å². The summed E-state index contributed by atoms with van der Waals surface area (Å²) in [7, 11) is 0. The van der Waals surface area contributed by atoms with E-state index in [0.717, 1.165) is 0 Å². The highest BCUT2D eigenvalue weighted by atomic mass is 16.5. The molecule has 3 N–H and O–H groups in total. The number of nitrogens with zero attached hydrogens (tertiary/aromatic N) is 1. The van der Waals surface area contributed by atoms with Gasteiger partial charge in [0.2, 0.25) is 0 Å². The maximum atomic E-state index is 11.8. The second-order valence-electron chi connectivity index (χ2n) is 4.38. The van der Waals surface area contributed by atoms with E-state index in [0.29, 0.717) is 11.3 Å². The Kier molecular flexibility index (Phi) is 4.55. The third-order valence-corrected chi connectivity index (χ3v) is 2.67. The van der Waals surface area contributed by atoms with E-state index < -0.39 is 0 Å². The molecule has 7 nitrogen and oxygen atoms in total. The van der Waals surface area contributed by atoms with Gasteiger partial charge in [0.05, 0.1) is 0 Å². The Morgan fingerprint density at radius 2 is 1.90 bits per heavy atom. The molecule has 0 fully saturated rings. The van der Waals surface area contributed by atoms with Crippen molar-refractivity contribution in [1.29, 1.82) is 0 Å². The zero-order valence-corrected chi connectivity index (χ0v) is 11.4. The van der Waals surface area contributed by atoms with Crippen LogP contribution in [-0.4, -0.2) is 35.2 Å². The van der Waals surface area contributed by atoms with Gasteiger partial charge in [-0.25, -0.2) is 0 Å². The fourth-order valence-electron chi connectivity index (χ4n) is 1.67. The van der Waals surface area contributed by atoms with E-state index in [-0.39, 0.29) is 36.3 Å². The molecule has 0 unspecified atom stereocenters. The van der Waals surface area contributed by atoms with Crippen molar-refractivity contribution in [3.63, 3.8) is 0 Å². The van der Waals surface area contributed by atoms with E-state index in [4.69, 9.17) is 4.52 Å². The molecule has 2 aromatic rings. The van der Waals surface area contributed by atoms with Gasteiger partial charge in [0.1, 0.15) is 11.5 Å². The lowest BCUT2D eigenvalue weighted by atomic mass is 10.2. The number of amides is 2. The molecule has 0 radical (unpaired) electrons. The highest BCUT2D eigenvalue weighted by molar-refractivity contribution is 5.94. The highest BCUT2D eigenvalue weighted by Crippen LogP contribution is 2.10. The average molecular weight is 289 g/mol. The number of aromatic nitrogens is 1. The minimum atomic E-state index is -0.363. The first kappa shape index (κ1) is 14.6. The molecule has 2 amide bonds. The number of nitrogens with one attached hydrogen (secondary N) is 2. The fourth-order valence-corrected chi connectivity index (χ4v) is 1.67. The van der Waals surface area contributed by atoms with Gasteiger partial charge >= 0.3 is 0 Å². The highest BCUT2D eigenvalue weighted by Gasteiger charge is 2.10. The Morgan fingerprint density at radius 1 is 1.19 bits per heavy atom. The predicted octanol–water partition coefficient (Wildman–Crippen LogP) is 0.848. The summed E-state index contributed by atoms with van der Waals surface area (Å²) in [6.07, 6.45) is 0. The summed E-state index contributed by atoms with van der Waals surface area (Å²) in [6.45, 7) is 2.21. The first-order valence-corrected chi connectivity index (χ1v) is 6.35. The number of aryl methyl sites for hydroxylation is 1. The summed E-state index contributed by atoms with van der Waals surface area (Å²) in [5, 5.41) is 18.1. The maximum Gasteiger partial charge on any atom is 0.273 e. The summed E-state index contributed by atoms with van der Waals surface area (Å²) >= 11 is 0. The lowest BCUT2D eigenvalue weighted by molar-refractivity contribution is 0.0922. The molecule has 0 spiro atoms. The molecule has 1 aromatic carbocycles. The van der Waals surface area contributed by atoms with Gasteiger partial charge < -0.3 is 20.3 Å². The summed E-state index contributed by atoms with van der Waals surface area (Å²) in [5.41, 5.74) is 0.556. The molecule has 1 heterocycles. The molecule has 0 saturated carbocycles. The van der Waals surface area contributed by atoms with Gasteiger partial charge in [-0.3, -0.25) is 9.59 Å². The van der Waals surface area contributed by atoms with E-state index in [1.54, 1.807) is 19.1 Å². The van der Waals surface area contributed by atoms with Crippen LogP contribution in [0.1, 0.15) is 26.6 Å². The monoisotopic (exact) mass is 289 g/mol. The number of carbonyl (C=O) groups excluding carboxylic acids is 2. The Labute approximate surface area is 120 Å². The number of hydrogen-bond donors (Lipinski definition) is 3. The largest absolute Gasteiger partial charge is 0.508 e.